The summed E-state index contributed by atoms with van der Waals surface area (Å²) in [5.74, 6) is -0.631. The molecule has 25 heavy (non-hydrogen) atoms. The highest BCUT2D eigenvalue weighted by molar-refractivity contribution is 9.10. The molecule has 0 bridgehead atoms. The second-order valence-electron chi connectivity index (χ2n) is 5.59. The summed E-state index contributed by atoms with van der Waals surface area (Å²) in [6.07, 6.45) is 0.910. The first kappa shape index (κ1) is 19.1. The Kier molecular flexibility index (Phi) is 7.16. The number of hydrogen-bond donors (Lipinski definition) is 2. The maximum absolute atomic E-state index is 12.3. The smallest absolute Gasteiger partial charge is 0.339 e. The predicted molar refractivity (Wildman–Crippen MR) is 100 cm³/mol. The third-order valence-corrected chi connectivity index (χ3v) is 4.46. The van der Waals surface area contributed by atoms with Crippen molar-refractivity contribution >= 4 is 33.5 Å². The molecule has 0 unspecified atom stereocenters. The Morgan fingerprint density at radius 1 is 1.16 bits per heavy atom. The van der Waals surface area contributed by atoms with Crippen LogP contribution in [0.5, 0.6) is 0 Å². The van der Waals surface area contributed by atoms with Crippen molar-refractivity contribution < 1.29 is 19.6 Å². The Hall–Kier alpha value is -2.18. The largest absolute Gasteiger partial charge is 0.465 e. The van der Waals surface area contributed by atoms with Gasteiger partial charge in [-0.2, -0.15) is 0 Å². The third-order valence-electron chi connectivity index (χ3n) is 3.93. The van der Waals surface area contributed by atoms with E-state index in [4.69, 9.17) is 4.74 Å². The number of nitrogens with two attached hydrogens (primary N) is 1. The van der Waals surface area contributed by atoms with E-state index in [0.717, 1.165) is 10.9 Å². The monoisotopic (exact) mass is 405 g/mol. The van der Waals surface area contributed by atoms with Crippen LogP contribution in [0, 0.1) is 0 Å². The number of para-hydroxylation sites is 1. The van der Waals surface area contributed by atoms with Crippen molar-refractivity contribution in [2.75, 3.05) is 19.0 Å². The standard InChI is InChI=1S/C19H21BrN2O3/c1-3-16(13-8-10-14(20)11-9-13)21-12-18(23)22-17-7-5-4-6-15(17)19(24)25-2/h4-11,16,21H,3,12H2,1-2H3,(H,22,23)/p+1/t16-/m1/s1. The van der Waals surface area contributed by atoms with Gasteiger partial charge < -0.3 is 15.4 Å². The molecule has 2 rings (SSSR count). The highest BCUT2D eigenvalue weighted by Gasteiger charge is 2.17. The molecule has 0 aliphatic heterocycles. The fraction of sp³-hybridized carbons (Fsp3) is 0.263. The highest BCUT2D eigenvalue weighted by atomic mass is 79.9. The summed E-state index contributed by atoms with van der Waals surface area (Å²) < 4.78 is 5.77. The molecule has 0 radical (unpaired) electrons. The normalized spacial score (nSPS) is 11.6. The zero-order chi connectivity index (χ0) is 18.2. The summed E-state index contributed by atoms with van der Waals surface area (Å²) in [6.45, 7) is 2.36. The first-order valence-electron chi connectivity index (χ1n) is 8.11. The van der Waals surface area contributed by atoms with Crippen LogP contribution >= 0.6 is 15.9 Å². The van der Waals surface area contributed by atoms with Gasteiger partial charge in [-0.15, -0.1) is 0 Å². The van der Waals surface area contributed by atoms with Gasteiger partial charge >= 0.3 is 5.97 Å². The van der Waals surface area contributed by atoms with Gasteiger partial charge in [0.05, 0.1) is 18.4 Å². The fourth-order valence-corrected chi connectivity index (χ4v) is 2.84. The van der Waals surface area contributed by atoms with Crippen LogP contribution in [0.2, 0.25) is 0 Å². The van der Waals surface area contributed by atoms with Gasteiger partial charge in [0.15, 0.2) is 6.54 Å². The number of rotatable bonds is 7. The molecule has 0 heterocycles. The second kappa shape index (κ2) is 9.34. The summed E-state index contributed by atoms with van der Waals surface area (Å²) in [5.41, 5.74) is 1.98. The molecule has 0 saturated carbocycles. The summed E-state index contributed by atoms with van der Waals surface area (Å²) in [4.78, 5) is 24.0. The first-order valence-corrected chi connectivity index (χ1v) is 8.90. The lowest BCUT2D eigenvalue weighted by molar-refractivity contribution is -0.686. The number of amides is 1. The summed E-state index contributed by atoms with van der Waals surface area (Å²) >= 11 is 3.43. The number of quaternary nitrogens is 1. The van der Waals surface area contributed by atoms with Crippen molar-refractivity contribution in [1.82, 2.24) is 0 Å². The Morgan fingerprint density at radius 2 is 1.84 bits per heavy atom. The van der Waals surface area contributed by atoms with Gasteiger partial charge in [0.25, 0.3) is 5.91 Å². The maximum Gasteiger partial charge on any atom is 0.339 e. The molecule has 0 aromatic heterocycles. The van der Waals surface area contributed by atoms with Crippen molar-refractivity contribution in [1.29, 1.82) is 0 Å². The Morgan fingerprint density at radius 3 is 2.48 bits per heavy atom. The van der Waals surface area contributed by atoms with Crippen molar-refractivity contribution in [3.63, 3.8) is 0 Å². The molecule has 0 aliphatic carbocycles. The summed E-state index contributed by atoms with van der Waals surface area (Å²) in [7, 11) is 1.32. The van der Waals surface area contributed by atoms with E-state index in [1.807, 2.05) is 17.4 Å². The zero-order valence-electron chi connectivity index (χ0n) is 14.3. The zero-order valence-corrected chi connectivity index (χ0v) is 15.9. The van der Waals surface area contributed by atoms with Crippen LogP contribution in [0.1, 0.15) is 35.3 Å². The SMILES string of the molecule is CC[C@@H]([NH2+]CC(=O)Nc1ccccc1C(=O)OC)c1ccc(Br)cc1. The van der Waals surface area contributed by atoms with Crippen LogP contribution < -0.4 is 10.6 Å². The lowest BCUT2D eigenvalue weighted by Gasteiger charge is -2.15. The van der Waals surface area contributed by atoms with E-state index in [9.17, 15) is 9.59 Å². The molecule has 2 aromatic rings. The second-order valence-corrected chi connectivity index (χ2v) is 6.51. The number of carbonyl (C=O) groups excluding carboxylic acids is 2. The van der Waals surface area contributed by atoms with E-state index in [-0.39, 0.29) is 18.5 Å². The molecule has 5 nitrogen and oxygen atoms in total. The average molecular weight is 406 g/mol. The number of nitrogens with one attached hydrogen (secondary N) is 1. The Bertz CT molecular complexity index is 732. The third kappa shape index (κ3) is 5.41. The maximum atomic E-state index is 12.3. The topological polar surface area (TPSA) is 72.0 Å². The number of benzene rings is 2. The molecule has 3 N–H and O–H groups in total. The number of halogens is 1. The van der Waals surface area contributed by atoms with E-state index in [2.05, 4.69) is 40.3 Å². The fourth-order valence-electron chi connectivity index (χ4n) is 2.58. The van der Waals surface area contributed by atoms with Gasteiger partial charge in [-0.1, -0.05) is 47.1 Å². The lowest BCUT2D eigenvalue weighted by Crippen LogP contribution is -2.87. The predicted octanol–water partition coefficient (Wildman–Crippen LogP) is 2.89. The first-order chi connectivity index (χ1) is 12.0. The lowest BCUT2D eigenvalue weighted by atomic mass is 10.0. The van der Waals surface area contributed by atoms with Gasteiger partial charge in [0, 0.05) is 16.5 Å². The van der Waals surface area contributed by atoms with Crippen LogP contribution in [0.4, 0.5) is 5.69 Å². The molecule has 0 saturated heterocycles. The molecule has 0 fully saturated rings. The number of esters is 1. The molecule has 2 aromatic carbocycles. The van der Waals surface area contributed by atoms with Crippen LogP contribution in [-0.4, -0.2) is 25.5 Å². The molecule has 132 valence electrons. The van der Waals surface area contributed by atoms with Gasteiger partial charge in [-0.3, -0.25) is 4.79 Å². The van der Waals surface area contributed by atoms with E-state index in [0.29, 0.717) is 11.3 Å². The van der Waals surface area contributed by atoms with E-state index >= 15 is 0 Å². The summed E-state index contributed by atoms with van der Waals surface area (Å²) in [5, 5.41) is 4.79. The number of hydrogen-bond acceptors (Lipinski definition) is 3. The number of ether oxygens (including phenoxy) is 1. The molecular weight excluding hydrogens is 384 g/mol. The van der Waals surface area contributed by atoms with Crippen molar-refractivity contribution in [3.8, 4) is 0 Å². The van der Waals surface area contributed by atoms with Crippen LogP contribution in [0.25, 0.3) is 0 Å². The van der Waals surface area contributed by atoms with Gasteiger partial charge in [0.2, 0.25) is 0 Å². The Labute approximate surface area is 155 Å². The quantitative estimate of drug-likeness (QED) is 0.695. The molecular formula is C19H22BrN2O3+. The minimum Gasteiger partial charge on any atom is -0.465 e. The van der Waals surface area contributed by atoms with Crippen molar-refractivity contribution in [3.05, 3.63) is 64.1 Å². The van der Waals surface area contributed by atoms with Crippen molar-refractivity contribution in [2.45, 2.75) is 19.4 Å². The van der Waals surface area contributed by atoms with Gasteiger partial charge in [-0.25, -0.2) is 4.79 Å². The molecule has 1 amide bonds. The number of anilines is 1. The number of methoxy groups -OCH3 is 1. The van der Waals surface area contributed by atoms with E-state index in [1.165, 1.54) is 12.7 Å². The van der Waals surface area contributed by atoms with Gasteiger partial charge in [0.1, 0.15) is 6.04 Å². The summed E-state index contributed by atoms with van der Waals surface area (Å²) in [6, 6.07) is 15.1. The van der Waals surface area contributed by atoms with Crippen LogP contribution in [0.15, 0.2) is 53.0 Å². The van der Waals surface area contributed by atoms with Gasteiger partial charge in [-0.05, 0) is 24.3 Å². The van der Waals surface area contributed by atoms with Crippen molar-refractivity contribution in [2.24, 2.45) is 0 Å². The molecule has 0 aliphatic rings. The molecule has 6 heteroatoms. The Balaban J connectivity index is 1.98. The highest BCUT2D eigenvalue weighted by Crippen LogP contribution is 2.17. The molecule has 1 atom stereocenters. The minimum absolute atomic E-state index is 0.160. The number of carbonyl (C=O) groups is 2. The van der Waals surface area contributed by atoms with Crippen LogP contribution in [-0.2, 0) is 9.53 Å². The van der Waals surface area contributed by atoms with E-state index in [1.54, 1.807) is 24.3 Å². The average Bonchev–Trinajstić information content (AvgIpc) is 2.63. The van der Waals surface area contributed by atoms with E-state index < -0.39 is 5.97 Å². The minimum atomic E-state index is -0.471. The van der Waals surface area contributed by atoms with Crippen LogP contribution in [0.3, 0.4) is 0 Å². The molecule has 0 spiro atoms.